The van der Waals surface area contributed by atoms with E-state index in [0.717, 1.165) is 16.6 Å². The van der Waals surface area contributed by atoms with E-state index < -0.39 is 0 Å². The highest BCUT2D eigenvalue weighted by Gasteiger charge is 2.24. The first-order valence-corrected chi connectivity index (χ1v) is 8.29. The van der Waals surface area contributed by atoms with Crippen LogP contribution >= 0.6 is 0 Å². The van der Waals surface area contributed by atoms with Gasteiger partial charge in [0.2, 0.25) is 0 Å². The molecule has 1 aliphatic heterocycles. The molecule has 1 aliphatic rings. The van der Waals surface area contributed by atoms with Gasteiger partial charge in [-0.2, -0.15) is 0 Å². The molecule has 5 nitrogen and oxygen atoms in total. The van der Waals surface area contributed by atoms with E-state index in [0.29, 0.717) is 31.9 Å². The van der Waals surface area contributed by atoms with Crippen LogP contribution in [0, 0.1) is 5.82 Å². The van der Waals surface area contributed by atoms with Crippen LogP contribution in [0.3, 0.4) is 0 Å². The fraction of sp³-hybridized carbons (Fsp3) is 0.211. The number of piperazine rings is 1. The quantitative estimate of drug-likeness (QED) is 0.694. The summed E-state index contributed by atoms with van der Waals surface area (Å²) >= 11 is 0. The smallest absolute Gasteiger partial charge is 0.328 e. The van der Waals surface area contributed by atoms with Gasteiger partial charge in [-0.25, -0.2) is 9.18 Å². The first-order chi connectivity index (χ1) is 12.1. The number of nitrogen functional groups attached to an aromatic ring is 1. The van der Waals surface area contributed by atoms with E-state index in [1.165, 1.54) is 12.1 Å². The lowest BCUT2D eigenvalue weighted by molar-refractivity contribution is 0.197. The van der Waals surface area contributed by atoms with Crippen LogP contribution < -0.4 is 10.6 Å². The lowest BCUT2D eigenvalue weighted by Crippen LogP contribution is -2.50. The Hall–Kier alpha value is -3.02. The Morgan fingerprint density at radius 1 is 1.00 bits per heavy atom. The van der Waals surface area contributed by atoms with Crippen LogP contribution in [-0.4, -0.2) is 41.7 Å². The molecule has 2 heterocycles. The first kappa shape index (κ1) is 15.5. The number of aromatic nitrogens is 1. The van der Waals surface area contributed by atoms with Crippen molar-refractivity contribution < 1.29 is 9.18 Å². The van der Waals surface area contributed by atoms with Crippen molar-refractivity contribution in [3.8, 4) is 0 Å². The minimum atomic E-state index is -0.338. The van der Waals surface area contributed by atoms with Crippen LogP contribution in [0.1, 0.15) is 0 Å². The molecule has 0 saturated carbocycles. The van der Waals surface area contributed by atoms with Crippen molar-refractivity contribution in [2.45, 2.75) is 0 Å². The standard InChI is InChI=1S/C19H19FN4O/c20-15-5-6-18(16(21)13-15)22-9-11-23(12-10-22)19(25)24-8-7-14-3-1-2-4-17(14)24/h1-8,13H,9-12,21H2. The number of rotatable bonds is 1. The molecule has 0 aliphatic carbocycles. The van der Waals surface area contributed by atoms with Crippen molar-refractivity contribution in [3.63, 3.8) is 0 Å². The Labute approximate surface area is 145 Å². The molecule has 1 aromatic heterocycles. The molecule has 1 amide bonds. The number of anilines is 2. The number of fused-ring (bicyclic) bond motifs is 1. The van der Waals surface area contributed by atoms with Crippen LogP contribution in [0.25, 0.3) is 10.9 Å². The van der Waals surface area contributed by atoms with E-state index in [1.807, 2.05) is 41.4 Å². The zero-order valence-electron chi connectivity index (χ0n) is 13.7. The molecular formula is C19H19FN4O. The van der Waals surface area contributed by atoms with Gasteiger partial charge in [0.15, 0.2) is 0 Å². The zero-order chi connectivity index (χ0) is 17.4. The van der Waals surface area contributed by atoms with Gasteiger partial charge in [-0.05, 0) is 30.3 Å². The van der Waals surface area contributed by atoms with Crippen LogP contribution in [0.15, 0.2) is 54.7 Å². The number of carbonyl (C=O) groups is 1. The molecule has 2 aromatic carbocycles. The van der Waals surface area contributed by atoms with E-state index in [9.17, 15) is 9.18 Å². The molecule has 0 unspecified atom stereocenters. The van der Waals surface area contributed by atoms with E-state index >= 15 is 0 Å². The Kier molecular flexibility index (Phi) is 3.80. The van der Waals surface area contributed by atoms with Crippen LogP contribution in [0.5, 0.6) is 0 Å². The Balaban J connectivity index is 1.49. The predicted molar refractivity (Wildman–Crippen MR) is 97.3 cm³/mol. The number of hydrogen-bond acceptors (Lipinski definition) is 3. The third-order valence-electron chi connectivity index (χ3n) is 4.69. The maximum Gasteiger partial charge on any atom is 0.328 e. The summed E-state index contributed by atoms with van der Waals surface area (Å²) in [6.07, 6.45) is 1.82. The third kappa shape index (κ3) is 2.80. The summed E-state index contributed by atoms with van der Waals surface area (Å²) in [5.41, 5.74) is 8.08. The number of benzene rings is 2. The number of para-hydroxylation sites is 1. The number of amides is 1. The van der Waals surface area contributed by atoms with Crippen molar-refractivity contribution in [2.75, 3.05) is 36.8 Å². The average molecular weight is 338 g/mol. The highest BCUT2D eigenvalue weighted by Crippen LogP contribution is 2.25. The van der Waals surface area contributed by atoms with Gasteiger partial charge in [-0.15, -0.1) is 0 Å². The van der Waals surface area contributed by atoms with Gasteiger partial charge >= 0.3 is 6.03 Å². The van der Waals surface area contributed by atoms with Gasteiger partial charge in [0.25, 0.3) is 0 Å². The maximum absolute atomic E-state index is 13.2. The molecule has 128 valence electrons. The van der Waals surface area contributed by atoms with Crippen molar-refractivity contribution >= 4 is 28.3 Å². The number of halogens is 1. The molecule has 25 heavy (non-hydrogen) atoms. The summed E-state index contributed by atoms with van der Waals surface area (Å²) < 4.78 is 14.9. The van der Waals surface area contributed by atoms with E-state index in [-0.39, 0.29) is 11.8 Å². The summed E-state index contributed by atoms with van der Waals surface area (Å²) in [6, 6.07) is 14.2. The fourth-order valence-electron chi connectivity index (χ4n) is 3.35. The summed E-state index contributed by atoms with van der Waals surface area (Å²) in [5, 5.41) is 1.05. The topological polar surface area (TPSA) is 54.5 Å². The van der Waals surface area contributed by atoms with E-state index in [2.05, 4.69) is 4.90 Å². The van der Waals surface area contributed by atoms with Gasteiger partial charge in [-0.1, -0.05) is 18.2 Å². The van der Waals surface area contributed by atoms with Gasteiger partial charge in [0, 0.05) is 37.8 Å². The molecule has 4 rings (SSSR count). The molecule has 1 saturated heterocycles. The van der Waals surface area contributed by atoms with Gasteiger partial charge < -0.3 is 15.5 Å². The second-order valence-electron chi connectivity index (χ2n) is 6.20. The lowest BCUT2D eigenvalue weighted by Gasteiger charge is -2.36. The van der Waals surface area contributed by atoms with Gasteiger partial charge in [0.05, 0.1) is 16.9 Å². The molecule has 3 aromatic rings. The SMILES string of the molecule is Nc1cc(F)ccc1N1CCN(C(=O)n2ccc3ccccc32)CC1. The maximum atomic E-state index is 13.2. The Morgan fingerprint density at radius 3 is 2.52 bits per heavy atom. The molecule has 6 heteroatoms. The monoisotopic (exact) mass is 338 g/mol. The number of nitrogens with two attached hydrogens (primary N) is 1. The van der Waals surface area contributed by atoms with Crippen molar-refractivity contribution in [1.29, 1.82) is 0 Å². The molecular weight excluding hydrogens is 319 g/mol. The van der Waals surface area contributed by atoms with Crippen molar-refractivity contribution in [2.24, 2.45) is 0 Å². The second kappa shape index (κ2) is 6.12. The summed E-state index contributed by atoms with van der Waals surface area (Å²) in [4.78, 5) is 16.8. The van der Waals surface area contributed by atoms with Crippen LogP contribution in [0.4, 0.5) is 20.6 Å². The minimum absolute atomic E-state index is 0.0204. The largest absolute Gasteiger partial charge is 0.397 e. The number of hydrogen-bond donors (Lipinski definition) is 1. The average Bonchev–Trinajstić information content (AvgIpc) is 3.05. The lowest BCUT2D eigenvalue weighted by atomic mass is 10.2. The molecule has 2 N–H and O–H groups in total. The first-order valence-electron chi connectivity index (χ1n) is 8.29. The number of carbonyl (C=O) groups excluding carboxylic acids is 1. The Morgan fingerprint density at radius 2 is 1.76 bits per heavy atom. The molecule has 0 radical (unpaired) electrons. The van der Waals surface area contributed by atoms with Crippen molar-refractivity contribution in [3.05, 3.63) is 60.5 Å². The van der Waals surface area contributed by atoms with Crippen LogP contribution in [-0.2, 0) is 0 Å². The van der Waals surface area contributed by atoms with Gasteiger partial charge in [-0.3, -0.25) is 4.57 Å². The summed E-state index contributed by atoms with van der Waals surface area (Å²) in [7, 11) is 0. The van der Waals surface area contributed by atoms with Gasteiger partial charge in [0.1, 0.15) is 5.82 Å². The van der Waals surface area contributed by atoms with Crippen molar-refractivity contribution in [1.82, 2.24) is 9.47 Å². The zero-order valence-corrected chi connectivity index (χ0v) is 13.7. The van der Waals surface area contributed by atoms with Crippen LogP contribution in [0.2, 0.25) is 0 Å². The molecule has 1 fully saturated rings. The minimum Gasteiger partial charge on any atom is -0.397 e. The fourth-order valence-corrected chi connectivity index (χ4v) is 3.35. The normalized spacial score (nSPS) is 14.9. The highest BCUT2D eigenvalue weighted by molar-refractivity contribution is 5.91. The Bertz CT molecular complexity index is 928. The highest BCUT2D eigenvalue weighted by atomic mass is 19.1. The molecule has 0 atom stereocenters. The third-order valence-corrected chi connectivity index (χ3v) is 4.69. The summed E-state index contributed by atoms with van der Waals surface area (Å²) in [6.45, 7) is 2.53. The number of nitrogens with zero attached hydrogens (tertiary/aromatic N) is 3. The predicted octanol–water partition coefficient (Wildman–Crippen LogP) is 3.15. The van der Waals surface area contributed by atoms with E-state index in [4.69, 9.17) is 5.73 Å². The van der Waals surface area contributed by atoms with E-state index in [1.54, 1.807) is 10.6 Å². The second-order valence-corrected chi connectivity index (χ2v) is 6.20. The molecule has 0 bridgehead atoms. The molecule has 0 spiro atoms. The summed E-state index contributed by atoms with van der Waals surface area (Å²) in [5.74, 6) is -0.338.